The van der Waals surface area contributed by atoms with Crippen LogP contribution >= 0.6 is 0 Å². The predicted octanol–water partition coefficient (Wildman–Crippen LogP) is 3.36. The van der Waals surface area contributed by atoms with Gasteiger partial charge in [-0.25, -0.2) is 8.42 Å². The molecule has 3 aliphatic rings. The summed E-state index contributed by atoms with van der Waals surface area (Å²) in [4.78, 5) is 2.42. The number of fused-ring (bicyclic) bond motifs is 4. The SMILES string of the molecule is CCCS(=O)(=O)N1C[C@@H]2CN(c3ccc(OCC)cc3)[C@H](C1)C(C)(C)C2. The van der Waals surface area contributed by atoms with Gasteiger partial charge >= 0.3 is 0 Å². The number of piperidine rings is 1. The monoisotopic (exact) mass is 380 g/mol. The molecule has 3 fully saturated rings. The maximum absolute atomic E-state index is 12.7. The van der Waals surface area contributed by atoms with E-state index in [1.54, 1.807) is 4.31 Å². The smallest absolute Gasteiger partial charge is 0.214 e. The summed E-state index contributed by atoms with van der Waals surface area (Å²) in [5.41, 5.74) is 1.24. The van der Waals surface area contributed by atoms with Crippen LogP contribution in [0.1, 0.15) is 40.5 Å². The highest BCUT2D eigenvalue weighted by atomic mass is 32.2. The first-order valence-electron chi connectivity index (χ1n) is 9.74. The van der Waals surface area contributed by atoms with Crippen LogP contribution < -0.4 is 9.64 Å². The Labute approximate surface area is 158 Å². The van der Waals surface area contributed by atoms with Crippen molar-refractivity contribution in [3.63, 3.8) is 0 Å². The molecule has 1 aromatic carbocycles. The lowest BCUT2D eigenvalue weighted by molar-refractivity contribution is 0.192. The van der Waals surface area contributed by atoms with Gasteiger partial charge in [-0.1, -0.05) is 20.8 Å². The van der Waals surface area contributed by atoms with Gasteiger partial charge in [0.25, 0.3) is 0 Å². The van der Waals surface area contributed by atoms with E-state index < -0.39 is 10.0 Å². The first-order chi connectivity index (χ1) is 12.3. The van der Waals surface area contributed by atoms with Gasteiger partial charge in [0.05, 0.1) is 12.4 Å². The Kier molecular flexibility index (Phi) is 5.54. The third-order valence-corrected chi connectivity index (χ3v) is 7.73. The standard InChI is InChI=1S/C20H32N2O3S/c1-5-11-26(23,24)21-13-16-12-20(3,4)19(15-21)22(14-16)17-7-9-18(10-8-17)25-6-2/h7-10,16,19H,5-6,11-15H2,1-4H3/t16-,19-/m1/s1. The zero-order chi connectivity index (χ0) is 18.9. The Morgan fingerprint density at radius 3 is 2.42 bits per heavy atom. The molecule has 2 atom stereocenters. The minimum Gasteiger partial charge on any atom is -0.494 e. The van der Waals surface area contributed by atoms with E-state index in [0.29, 0.717) is 32.0 Å². The Morgan fingerprint density at radius 1 is 1.12 bits per heavy atom. The van der Waals surface area contributed by atoms with E-state index in [2.05, 4.69) is 30.9 Å². The number of benzene rings is 1. The van der Waals surface area contributed by atoms with Crippen molar-refractivity contribution < 1.29 is 13.2 Å². The average molecular weight is 381 g/mol. The molecule has 146 valence electrons. The molecule has 3 aliphatic heterocycles. The van der Waals surface area contributed by atoms with Gasteiger partial charge in [0.1, 0.15) is 5.75 Å². The number of nitrogens with zero attached hydrogens (tertiary/aromatic N) is 2. The van der Waals surface area contributed by atoms with Crippen LogP contribution in [0.25, 0.3) is 0 Å². The van der Waals surface area contributed by atoms with Crippen molar-refractivity contribution in [1.82, 2.24) is 4.31 Å². The zero-order valence-electron chi connectivity index (χ0n) is 16.4. The minimum absolute atomic E-state index is 0.0813. The molecule has 0 aliphatic carbocycles. The summed E-state index contributed by atoms with van der Waals surface area (Å²) in [6, 6.07) is 8.41. The molecule has 0 amide bonds. The van der Waals surface area contributed by atoms with Gasteiger partial charge in [0.15, 0.2) is 0 Å². The van der Waals surface area contributed by atoms with Gasteiger partial charge < -0.3 is 9.64 Å². The van der Waals surface area contributed by atoms with Crippen molar-refractivity contribution in [2.75, 3.05) is 36.9 Å². The lowest BCUT2D eigenvalue weighted by atomic mass is 9.73. The first kappa shape index (κ1) is 19.5. The Hall–Kier alpha value is -1.27. The second-order valence-corrected chi connectivity index (χ2v) is 10.4. The number of ether oxygens (including phenoxy) is 1. The quantitative estimate of drug-likeness (QED) is 0.759. The van der Waals surface area contributed by atoms with Crippen LogP contribution in [0.3, 0.4) is 0 Å². The number of rotatable bonds is 6. The molecule has 3 saturated heterocycles. The third kappa shape index (κ3) is 3.86. The number of hydrogen-bond donors (Lipinski definition) is 0. The highest BCUT2D eigenvalue weighted by molar-refractivity contribution is 7.89. The van der Waals surface area contributed by atoms with Crippen molar-refractivity contribution in [3.8, 4) is 5.75 Å². The van der Waals surface area contributed by atoms with Crippen LogP contribution in [0, 0.1) is 11.3 Å². The summed E-state index contributed by atoms with van der Waals surface area (Å²) < 4.78 is 32.8. The van der Waals surface area contributed by atoms with Gasteiger partial charge in [-0.3, -0.25) is 0 Å². The van der Waals surface area contributed by atoms with E-state index in [1.807, 2.05) is 26.0 Å². The molecule has 0 radical (unpaired) electrons. The third-order valence-electron chi connectivity index (χ3n) is 5.72. The fraction of sp³-hybridized carbons (Fsp3) is 0.700. The first-order valence-corrected chi connectivity index (χ1v) is 11.3. The molecule has 2 bridgehead atoms. The number of hydrogen-bond acceptors (Lipinski definition) is 4. The lowest BCUT2D eigenvalue weighted by Crippen LogP contribution is -2.54. The van der Waals surface area contributed by atoms with Crippen LogP contribution in [0.5, 0.6) is 5.75 Å². The van der Waals surface area contributed by atoms with Crippen molar-refractivity contribution in [2.24, 2.45) is 11.3 Å². The molecule has 6 heteroatoms. The topological polar surface area (TPSA) is 49.9 Å². The average Bonchev–Trinajstić information content (AvgIpc) is 2.83. The van der Waals surface area contributed by atoms with Crippen LogP contribution in [0.2, 0.25) is 0 Å². The maximum atomic E-state index is 12.7. The highest BCUT2D eigenvalue weighted by Crippen LogP contribution is 2.44. The molecular formula is C20H32N2O3S. The molecule has 3 heterocycles. The Morgan fingerprint density at radius 2 is 1.81 bits per heavy atom. The molecule has 0 aromatic heterocycles. The zero-order valence-corrected chi connectivity index (χ0v) is 17.3. The van der Waals surface area contributed by atoms with E-state index >= 15 is 0 Å². The van der Waals surface area contributed by atoms with E-state index in [1.165, 1.54) is 0 Å². The van der Waals surface area contributed by atoms with Crippen LogP contribution in [0.15, 0.2) is 24.3 Å². The van der Waals surface area contributed by atoms with E-state index in [0.717, 1.165) is 24.4 Å². The highest BCUT2D eigenvalue weighted by Gasteiger charge is 2.47. The van der Waals surface area contributed by atoms with Crippen molar-refractivity contribution in [3.05, 3.63) is 24.3 Å². The van der Waals surface area contributed by atoms with Crippen molar-refractivity contribution >= 4 is 15.7 Å². The van der Waals surface area contributed by atoms with Gasteiger partial charge in [-0.15, -0.1) is 0 Å². The largest absolute Gasteiger partial charge is 0.494 e. The molecule has 0 unspecified atom stereocenters. The lowest BCUT2D eigenvalue weighted by Gasteiger charge is -2.48. The summed E-state index contributed by atoms with van der Waals surface area (Å²) in [6.45, 7) is 11.3. The second kappa shape index (κ2) is 7.39. The summed E-state index contributed by atoms with van der Waals surface area (Å²) in [7, 11) is -3.17. The summed E-state index contributed by atoms with van der Waals surface area (Å²) in [6.07, 6.45) is 1.74. The van der Waals surface area contributed by atoms with Crippen molar-refractivity contribution in [2.45, 2.75) is 46.6 Å². The number of anilines is 1. The molecule has 4 rings (SSSR count). The fourth-order valence-corrected chi connectivity index (χ4v) is 6.18. The molecule has 0 saturated carbocycles. The number of sulfonamides is 1. The molecule has 5 nitrogen and oxygen atoms in total. The molecule has 26 heavy (non-hydrogen) atoms. The molecular weight excluding hydrogens is 348 g/mol. The normalized spacial score (nSPS) is 25.9. The second-order valence-electron chi connectivity index (χ2n) is 8.29. The van der Waals surface area contributed by atoms with Gasteiger partial charge in [-0.2, -0.15) is 4.31 Å². The van der Waals surface area contributed by atoms with Gasteiger partial charge in [0.2, 0.25) is 10.0 Å². The van der Waals surface area contributed by atoms with Crippen LogP contribution in [0.4, 0.5) is 5.69 Å². The van der Waals surface area contributed by atoms with Gasteiger partial charge in [0, 0.05) is 31.4 Å². The van der Waals surface area contributed by atoms with E-state index in [9.17, 15) is 8.42 Å². The predicted molar refractivity (Wildman–Crippen MR) is 106 cm³/mol. The van der Waals surface area contributed by atoms with E-state index in [-0.39, 0.29) is 17.2 Å². The Bertz CT molecular complexity index is 715. The van der Waals surface area contributed by atoms with Crippen LogP contribution in [-0.2, 0) is 10.0 Å². The molecule has 1 aromatic rings. The van der Waals surface area contributed by atoms with Crippen molar-refractivity contribution in [1.29, 1.82) is 0 Å². The molecule has 0 spiro atoms. The fourth-order valence-electron chi connectivity index (χ4n) is 4.60. The minimum atomic E-state index is -3.17. The maximum Gasteiger partial charge on any atom is 0.214 e. The summed E-state index contributed by atoms with van der Waals surface area (Å²) in [5.74, 6) is 1.49. The summed E-state index contributed by atoms with van der Waals surface area (Å²) >= 11 is 0. The van der Waals surface area contributed by atoms with E-state index in [4.69, 9.17) is 4.74 Å². The summed E-state index contributed by atoms with van der Waals surface area (Å²) in [5, 5.41) is 0. The Balaban J connectivity index is 1.89. The molecule has 0 N–H and O–H groups in total. The van der Waals surface area contributed by atoms with Gasteiger partial charge in [-0.05, 0) is 55.4 Å². The van der Waals surface area contributed by atoms with Crippen LogP contribution in [-0.4, -0.2) is 50.8 Å².